The minimum atomic E-state index is -1.51. The molecule has 0 spiro atoms. The summed E-state index contributed by atoms with van der Waals surface area (Å²) in [6.07, 6.45) is -7.50. The summed E-state index contributed by atoms with van der Waals surface area (Å²) in [5.74, 6) is -0.503. The number of phenolic OH excluding ortho intramolecular Hbond substituents is 1. The van der Waals surface area contributed by atoms with Crippen LogP contribution in [0.15, 0.2) is 48.5 Å². The fraction of sp³-hybridized carbons (Fsp3) is 0.457. The van der Waals surface area contributed by atoms with Crippen LogP contribution in [0.2, 0.25) is 0 Å². The number of phenols is 1. The highest BCUT2D eigenvalue weighted by Crippen LogP contribution is 2.57. The van der Waals surface area contributed by atoms with Gasteiger partial charge in [-0.2, -0.15) is 0 Å². The molecule has 0 saturated carbocycles. The van der Waals surface area contributed by atoms with Crippen molar-refractivity contribution in [2.45, 2.75) is 49.0 Å². The van der Waals surface area contributed by atoms with Gasteiger partial charge in [-0.15, -0.1) is 0 Å². The number of hydrogen-bond donors (Lipinski definition) is 3. The van der Waals surface area contributed by atoms with Crippen LogP contribution in [0.3, 0.4) is 0 Å². The zero-order chi connectivity index (χ0) is 34.0. The Labute approximate surface area is 280 Å². The Morgan fingerprint density at radius 2 is 1.47 bits per heavy atom. The number of hydrogen-bond acceptors (Lipinski definition) is 14. The molecule has 4 heterocycles. The molecular formula is C35H36O14. The molecule has 3 fully saturated rings. The first kappa shape index (κ1) is 31.9. The molecule has 8 rings (SSSR count). The Morgan fingerprint density at radius 3 is 2.14 bits per heavy atom. The first-order chi connectivity index (χ1) is 23.8. The molecule has 0 aromatic heterocycles. The standard InChI is InChI=1S/C35H36O14/c1-40-17-6-4-15(5-7-17)34-44-13-25-32(49-34)29(37)30(38)35(47-25)48-31-19-11-22-21(45-14-46-22)10-18(19)26(27-20(31)12-43-33(27)39)16-8-23(41-2)28(36)24(9-16)42-3/h4-11,20,25-27,29-32,34-38H,12-14H2,1-3H3/t20-,25+,26-,27-,29+,30-,31+,32+,34+,35-/m0/s1. The number of esters is 1. The lowest BCUT2D eigenvalue weighted by Gasteiger charge is -2.48. The lowest BCUT2D eigenvalue weighted by molar-refractivity contribution is -0.369. The Bertz CT molecular complexity index is 1700. The average Bonchev–Trinajstić information content (AvgIpc) is 3.75. The van der Waals surface area contributed by atoms with Gasteiger partial charge in [-0.3, -0.25) is 4.79 Å². The molecule has 10 atom stereocenters. The van der Waals surface area contributed by atoms with Crippen LogP contribution < -0.4 is 23.7 Å². The number of aliphatic hydroxyl groups excluding tert-OH is 2. The molecule has 14 nitrogen and oxygen atoms in total. The second-order valence-corrected chi connectivity index (χ2v) is 12.5. The summed E-state index contributed by atoms with van der Waals surface area (Å²) in [6, 6.07) is 14.1. The summed E-state index contributed by atoms with van der Waals surface area (Å²) >= 11 is 0. The number of benzene rings is 3. The molecule has 3 aromatic rings. The number of carbonyl (C=O) groups excluding carboxylic acids is 1. The highest BCUT2D eigenvalue weighted by Gasteiger charge is 2.56. The summed E-state index contributed by atoms with van der Waals surface area (Å²) in [7, 11) is 4.43. The average molecular weight is 681 g/mol. The fourth-order valence-corrected chi connectivity index (χ4v) is 7.54. The quantitative estimate of drug-likeness (QED) is 0.311. The molecule has 0 bridgehead atoms. The van der Waals surface area contributed by atoms with E-state index in [4.69, 9.17) is 47.4 Å². The number of carbonyl (C=O) groups is 1. The molecule has 0 amide bonds. The number of ether oxygens (including phenoxy) is 10. The number of rotatable bonds is 7. The topological polar surface area (TPSA) is 170 Å². The van der Waals surface area contributed by atoms with Crippen LogP contribution in [0, 0.1) is 11.8 Å². The van der Waals surface area contributed by atoms with Crippen molar-refractivity contribution >= 4 is 5.97 Å². The monoisotopic (exact) mass is 680 g/mol. The van der Waals surface area contributed by atoms with Crippen LogP contribution in [0.5, 0.6) is 34.5 Å². The van der Waals surface area contributed by atoms with E-state index in [1.54, 1.807) is 55.6 Å². The molecule has 5 aliphatic rings. The van der Waals surface area contributed by atoms with Crippen molar-refractivity contribution < 1.29 is 67.5 Å². The maximum absolute atomic E-state index is 13.5. The summed E-state index contributed by atoms with van der Waals surface area (Å²) in [5.41, 5.74) is 2.68. The van der Waals surface area contributed by atoms with E-state index in [-0.39, 0.29) is 37.3 Å². The molecule has 0 unspecified atom stereocenters. The number of aliphatic hydroxyl groups is 2. The van der Waals surface area contributed by atoms with Gasteiger partial charge in [0, 0.05) is 17.4 Å². The van der Waals surface area contributed by atoms with E-state index in [2.05, 4.69) is 0 Å². The summed E-state index contributed by atoms with van der Waals surface area (Å²) < 4.78 is 58.0. The second kappa shape index (κ2) is 12.5. The predicted octanol–water partition coefficient (Wildman–Crippen LogP) is 2.70. The molecule has 14 heteroatoms. The van der Waals surface area contributed by atoms with Crippen LogP contribution in [-0.4, -0.2) is 93.3 Å². The van der Waals surface area contributed by atoms with Crippen LogP contribution in [0.1, 0.15) is 40.6 Å². The lowest BCUT2D eigenvalue weighted by atomic mass is 9.66. The number of fused-ring (bicyclic) bond motifs is 4. The Hall–Kier alpha value is -4.31. The summed E-state index contributed by atoms with van der Waals surface area (Å²) in [6.45, 7) is 0.102. The van der Waals surface area contributed by atoms with Gasteiger partial charge in [0.15, 0.2) is 35.6 Å². The summed E-state index contributed by atoms with van der Waals surface area (Å²) in [4.78, 5) is 13.5. The molecule has 3 N–H and O–H groups in total. The van der Waals surface area contributed by atoms with Gasteiger partial charge in [0.25, 0.3) is 0 Å². The van der Waals surface area contributed by atoms with Crippen molar-refractivity contribution in [1.82, 2.24) is 0 Å². The molecular weight excluding hydrogens is 644 g/mol. The normalized spacial score (nSPS) is 32.8. The third kappa shape index (κ3) is 5.30. The van der Waals surface area contributed by atoms with Crippen LogP contribution in [0.25, 0.3) is 0 Å². The van der Waals surface area contributed by atoms with E-state index in [0.717, 1.165) is 0 Å². The van der Waals surface area contributed by atoms with Crippen molar-refractivity contribution in [2.24, 2.45) is 11.8 Å². The fourth-order valence-electron chi connectivity index (χ4n) is 7.54. The van der Waals surface area contributed by atoms with Gasteiger partial charge in [-0.1, -0.05) is 12.1 Å². The number of methoxy groups -OCH3 is 3. The lowest BCUT2D eigenvalue weighted by Crippen LogP contribution is -2.62. The minimum Gasteiger partial charge on any atom is -0.502 e. The predicted molar refractivity (Wildman–Crippen MR) is 165 cm³/mol. The highest BCUT2D eigenvalue weighted by atomic mass is 16.8. The third-order valence-corrected chi connectivity index (χ3v) is 9.98. The van der Waals surface area contributed by atoms with Gasteiger partial charge in [0.2, 0.25) is 12.5 Å². The van der Waals surface area contributed by atoms with Gasteiger partial charge < -0.3 is 62.7 Å². The van der Waals surface area contributed by atoms with Crippen molar-refractivity contribution in [2.75, 3.05) is 41.3 Å². The largest absolute Gasteiger partial charge is 0.502 e. The van der Waals surface area contributed by atoms with E-state index in [0.29, 0.717) is 39.5 Å². The number of cyclic esters (lactones) is 1. The van der Waals surface area contributed by atoms with Gasteiger partial charge in [-0.25, -0.2) is 0 Å². The first-order valence-corrected chi connectivity index (χ1v) is 15.9. The van der Waals surface area contributed by atoms with E-state index in [1.165, 1.54) is 14.2 Å². The van der Waals surface area contributed by atoms with Crippen molar-refractivity contribution in [3.05, 3.63) is 70.8 Å². The third-order valence-electron chi connectivity index (χ3n) is 9.98. The van der Waals surface area contributed by atoms with E-state index in [1.807, 2.05) is 0 Å². The Morgan fingerprint density at radius 1 is 0.776 bits per heavy atom. The first-order valence-electron chi connectivity index (χ1n) is 15.9. The highest BCUT2D eigenvalue weighted by molar-refractivity contribution is 5.79. The second-order valence-electron chi connectivity index (χ2n) is 12.5. The minimum absolute atomic E-state index is 0.0153. The molecule has 0 radical (unpaired) electrons. The summed E-state index contributed by atoms with van der Waals surface area (Å²) in [5, 5.41) is 33.3. The maximum Gasteiger partial charge on any atom is 0.310 e. The Kier molecular flexibility index (Phi) is 8.17. The smallest absolute Gasteiger partial charge is 0.310 e. The molecule has 260 valence electrons. The zero-order valence-electron chi connectivity index (χ0n) is 26.8. The van der Waals surface area contributed by atoms with Crippen LogP contribution >= 0.6 is 0 Å². The number of aromatic hydroxyl groups is 1. The SMILES string of the molecule is COc1ccc([C@@H]2OC[C@H]3O[C@@H](O[C@@H]4c5cc6c(cc5[C@H](c5cc(OC)c(O)c(OC)c5)[C@H]5C(=O)OC[C@@H]54)OCO6)[C@@H](O)[C@@H](O)[C@@H]3O2)cc1. The van der Waals surface area contributed by atoms with Crippen LogP contribution in [0.4, 0.5) is 0 Å². The maximum atomic E-state index is 13.5. The van der Waals surface area contributed by atoms with E-state index >= 15 is 0 Å². The molecule has 4 aliphatic heterocycles. The molecule has 49 heavy (non-hydrogen) atoms. The Balaban J connectivity index is 1.12. The van der Waals surface area contributed by atoms with E-state index < -0.39 is 66.8 Å². The zero-order valence-corrected chi connectivity index (χ0v) is 26.8. The van der Waals surface area contributed by atoms with Crippen molar-refractivity contribution in [3.63, 3.8) is 0 Å². The van der Waals surface area contributed by atoms with Crippen molar-refractivity contribution in [1.29, 1.82) is 0 Å². The molecule has 3 aromatic carbocycles. The van der Waals surface area contributed by atoms with Gasteiger partial charge in [0.1, 0.15) is 30.2 Å². The van der Waals surface area contributed by atoms with Crippen molar-refractivity contribution in [3.8, 4) is 34.5 Å². The molecule has 3 saturated heterocycles. The van der Waals surface area contributed by atoms with Gasteiger partial charge in [-0.05, 0) is 53.1 Å². The molecule has 1 aliphatic carbocycles. The van der Waals surface area contributed by atoms with Gasteiger partial charge in [0.05, 0.1) is 46.6 Å². The van der Waals surface area contributed by atoms with Crippen LogP contribution in [-0.2, 0) is 28.5 Å². The van der Waals surface area contributed by atoms with E-state index in [9.17, 15) is 20.1 Å². The van der Waals surface area contributed by atoms with Gasteiger partial charge >= 0.3 is 5.97 Å².